The van der Waals surface area contributed by atoms with Crippen LogP contribution in [0.2, 0.25) is 0 Å². The van der Waals surface area contributed by atoms with Gasteiger partial charge in [-0.05, 0) is 37.9 Å². The summed E-state index contributed by atoms with van der Waals surface area (Å²) in [5.74, 6) is -1.68. The van der Waals surface area contributed by atoms with Crippen LogP contribution >= 0.6 is 0 Å². The predicted octanol–water partition coefficient (Wildman–Crippen LogP) is 1.85. The van der Waals surface area contributed by atoms with Crippen molar-refractivity contribution in [1.29, 1.82) is 0 Å². The van der Waals surface area contributed by atoms with Crippen molar-refractivity contribution >= 4 is 5.91 Å². The van der Waals surface area contributed by atoms with Crippen LogP contribution in [0.15, 0.2) is 18.2 Å². The van der Waals surface area contributed by atoms with E-state index in [1.54, 1.807) is 6.92 Å². The molecule has 1 aliphatic rings. The smallest absolute Gasteiger partial charge is 0.261 e. The lowest BCUT2D eigenvalue weighted by Gasteiger charge is -2.31. The Kier molecular flexibility index (Phi) is 5.12. The Bertz CT molecular complexity index is 510. The first-order valence-corrected chi connectivity index (χ1v) is 7.10. The van der Waals surface area contributed by atoms with E-state index in [0.29, 0.717) is 5.92 Å². The van der Waals surface area contributed by atoms with Gasteiger partial charge in [-0.1, -0.05) is 6.92 Å². The topological polar surface area (TPSA) is 50.4 Å². The van der Waals surface area contributed by atoms with Gasteiger partial charge in [0.15, 0.2) is 17.7 Å². The third-order valence-electron chi connectivity index (χ3n) is 3.73. The molecule has 0 aromatic heterocycles. The van der Waals surface area contributed by atoms with Gasteiger partial charge in [0.1, 0.15) is 5.75 Å². The second-order valence-electron chi connectivity index (χ2n) is 5.42. The van der Waals surface area contributed by atoms with Gasteiger partial charge in [-0.15, -0.1) is 0 Å². The molecule has 0 spiro atoms. The van der Waals surface area contributed by atoms with E-state index in [1.807, 2.05) is 0 Å². The van der Waals surface area contributed by atoms with Gasteiger partial charge in [0.05, 0.1) is 0 Å². The quantitative estimate of drug-likeness (QED) is 0.892. The molecule has 1 aliphatic heterocycles. The highest BCUT2D eigenvalue weighted by atomic mass is 19.2. The summed E-state index contributed by atoms with van der Waals surface area (Å²) in [6, 6.07) is 3.27. The SMILES string of the molecule is CC(Oc1ccc(F)c(F)c1)C(=O)NC1CNCCC1C. The zero-order valence-electron chi connectivity index (χ0n) is 12.2. The summed E-state index contributed by atoms with van der Waals surface area (Å²) < 4.78 is 31.3. The second-order valence-corrected chi connectivity index (χ2v) is 5.42. The van der Waals surface area contributed by atoms with Crippen LogP contribution in [0.1, 0.15) is 20.3 Å². The van der Waals surface area contributed by atoms with E-state index in [1.165, 1.54) is 6.07 Å². The van der Waals surface area contributed by atoms with Crippen molar-refractivity contribution < 1.29 is 18.3 Å². The summed E-state index contributed by atoms with van der Waals surface area (Å²) in [6.45, 7) is 5.35. The largest absolute Gasteiger partial charge is 0.481 e. The number of ether oxygens (including phenoxy) is 1. The number of amides is 1. The van der Waals surface area contributed by atoms with Crippen molar-refractivity contribution in [2.45, 2.75) is 32.4 Å². The Labute approximate surface area is 122 Å². The van der Waals surface area contributed by atoms with Gasteiger partial charge >= 0.3 is 0 Å². The molecular formula is C15H20F2N2O2. The molecule has 2 rings (SSSR count). The normalized spacial score (nSPS) is 23.4. The highest BCUT2D eigenvalue weighted by Gasteiger charge is 2.25. The van der Waals surface area contributed by atoms with Crippen LogP contribution in [-0.2, 0) is 4.79 Å². The number of hydrogen-bond donors (Lipinski definition) is 2. The van der Waals surface area contributed by atoms with E-state index in [2.05, 4.69) is 17.6 Å². The van der Waals surface area contributed by atoms with E-state index in [9.17, 15) is 13.6 Å². The summed E-state index contributed by atoms with van der Waals surface area (Å²) in [4.78, 5) is 12.1. The van der Waals surface area contributed by atoms with E-state index < -0.39 is 17.7 Å². The zero-order chi connectivity index (χ0) is 15.4. The lowest BCUT2D eigenvalue weighted by atomic mass is 9.95. The van der Waals surface area contributed by atoms with Gasteiger partial charge in [-0.2, -0.15) is 0 Å². The van der Waals surface area contributed by atoms with Crippen molar-refractivity contribution in [3.05, 3.63) is 29.8 Å². The van der Waals surface area contributed by atoms with Crippen LogP contribution in [0, 0.1) is 17.6 Å². The van der Waals surface area contributed by atoms with Gasteiger partial charge in [-0.3, -0.25) is 4.79 Å². The maximum atomic E-state index is 13.1. The van der Waals surface area contributed by atoms with Crippen LogP contribution < -0.4 is 15.4 Å². The first-order chi connectivity index (χ1) is 9.97. The minimum absolute atomic E-state index is 0.0576. The Hall–Kier alpha value is -1.69. The Morgan fingerprint density at radius 2 is 2.19 bits per heavy atom. The highest BCUT2D eigenvalue weighted by Crippen LogP contribution is 2.17. The lowest BCUT2D eigenvalue weighted by Crippen LogP contribution is -2.52. The molecule has 0 aliphatic carbocycles. The van der Waals surface area contributed by atoms with Crippen molar-refractivity contribution in [3.8, 4) is 5.75 Å². The number of benzene rings is 1. The standard InChI is InChI=1S/C15H20F2N2O2/c1-9-5-6-18-8-14(9)19-15(20)10(2)21-11-3-4-12(16)13(17)7-11/h3-4,7,9-10,14,18H,5-6,8H2,1-2H3,(H,19,20). The average molecular weight is 298 g/mol. The molecule has 1 fully saturated rings. The fourth-order valence-electron chi connectivity index (χ4n) is 2.29. The van der Waals surface area contributed by atoms with Crippen LogP contribution in [0.25, 0.3) is 0 Å². The van der Waals surface area contributed by atoms with Crippen LogP contribution in [0.4, 0.5) is 8.78 Å². The third-order valence-corrected chi connectivity index (χ3v) is 3.73. The predicted molar refractivity (Wildman–Crippen MR) is 75.0 cm³/mol. The molecule has 3 unspecified atom stereocenters. The van der Waals surface area contributed by atoms with Crippen molar-refractivity contribution in [1.82, 2.24) is 10.6 Å². The first kappa shape index (κ1) is 15.7. The molecule has 1 heterocycles. The van der Waals surface area contributed by atoms with Crippen molar-refractivity contribution in [2.75, 3.05) is 13.1 Å². The summed E-state index contributed by atoms with van der Waals surface area (Å²) in [6.07, 6.45) is 0.229. The van der Waals surface area contributed by atoms with E-state index in [0.717, 1.165) is 31.6 Å². The lowest BCUT2D eigenvalue weighted by molar-refractivity contribution is -0.128. The molecule has 3 atom stereocenters. The van der Waals surface area contributed by atoms with Gasteiger partial charge in [0, 0.05) is 18.7 Å². The summed E-state index contributed by atoms with van der Waals surface area (Å²) in [5.41, 5.74) is 0. The number of halogens is 2. The van der Waals surface area contributed by atoms with Gasteiger partial charge < -0.3 is 15.4 Å². The number of piperidine rings is 1. The van der Waals surface area contributed by atoms with Crippen LogP contribution in [-0.4, -0.2) is 31.1 Å². The molecule has 1 saturated heterocycles. The molecule has 116 valence electrons. The summed E-state index contributed by atoms with van der Waals surface area (Å²) in [7, 11) is 0. The number of carbonyl (C=O) groups excluding carboxylic acids is 1. The molecule has 0 bridgehead atoms. The van der Waals surface area contributed by atoms with E-state index in [-0.39, 0.29) is 17.7 Å². The first-order valence-electron chi connectivity index (χ1n) is 7.10. The number of hydrogen-bond acceptors (Lipinski definition) is 3. The molecule has 2 N–H and O–H groups in total. The van der Waals surface area contributed by atoms with Gasteiger partial charge in [-0.25, -0.2) is 8.78 Å². The average Bonchev–Trinajstić information content (AvgIpc) is 2.45. The van der Waals surface area contributed by atoms with Crippen LogP contribution in [0.3, 0.4) is 0 Å². The molecule has 1 amide bonds. The fourth-order valence-corrected chi connectivity index (χ4v) is 2.29. The fraction of sp³-hybridized carbons (Fsp3) is 0.533. The molecule has 0 radical (unpaired) electrons. The molecule has 21 heavy (non-hydrogen) atoms. The maximum Gasteiger partial charge on any atom is 0.261 e. The monoisotopic (exact) mass is 298 g/mol. The Balaban J connectivity index is 1.91. The summed E-state index contributed by atoms with van der Waals surface area (Å²) in [5, 5.41) is 6.15. The zero-order valence-corrected chi connectivity index (χ0v) is 12.2. The number of carbonyl (C=O) groups is 1. The van der Waals surface area contributed by atoms with Crippen molar-refractivity contribution in [3.63, 3.8) is 0 Å². The Morgan fingerprint density at radius 3 is 2.86 bits per heavy atom. The molecule has 1 aromatic carbocycles. The molecule has 6 heteroatoms. The minimum atomic E-state index is -0.995. The van der Waals surface area contributed by atoms with E-state index >= 15 is 0 Å². The Morgan fingerprint density at radius 1 is 1.43 bits per heavy atom. The van der Waals surface area contributed by atoms with Crippen LogP contribution in [0.5, 0.6) is 5.75 Å². The molecule has 4 nitrogen and oxygen atoms in total. The van der Waals surface area contributed by atoms with Gasteiger partial charge in [0.25, 0.3) is 5.91 Å². The molecule has 1 aromatic rings. The number of nitrogens with one attached hydrogen (secondary N) is 2. The summed E-state index contributed by atoms with van der Waals surface area (Å²) >= 11 is 0. The number of rotatable bonds is 4. The van der Waals surface area contributed by atoms with Gasteiger partial charge in [0.2, 0.25) is 0 Å². The van der Waals surface area contributed by atoms with E-state index in [4.69, 9.17) is 4.74 Å². The third kappa shape index (κ3) is 4.14. The highest BCUT2D eigenvalue weighted by molar-refractivity contribution is 5.81. The molecular weight excluding hydrogens is 278 g/mol. The minimum Gasteiger partial charge on any atom is -0.481 e. The maximum absolute atomic E-state index is 13.1. The second kappa shape index (κ2) is 6.85. The molecule has 0 saturated carbocycles. The van der Waals surface area contributed by atoms with Crippen molar-refractivity contribution in [2.24, 2.45) is 5.92 Å².